The predicted octanol–water partition coefficient (Wildman–Crippen LogP) is 2.98. The van der Waals surface area contributed by atoms with E-state index in [4.69, 9.17) is 10.5 Å². The number of nitrogens with two attached hydrogens (primary N) is 1. The molecule has 102 valence electrons. The first-order chi connectivity index (χ1) is 9.06. The Morgan fingerprint density at radius 2 is 2.16 bits per heavy atom. The summed E-state index contributed by atoms with van der Waals surface area (Å²) in [5, 5.41) is 0. The van der Waals surface area contributed by atoms with Crippen LogP contribution in [0.1, 0.15) is 37.0 Å². The number of hydrogen-bond donors (Lipinski definition) is 2. The molecular formula is C15H21N3O. The third kappa shape index (κ3) is 2.63. The molecule has 4 heteroatoms. The number of aromatic nitrogens is 2. The van der Waals surface area contributed by atoms with E-state index in [2.05, 4.69) is 29.0 Å². The van der Waals surface area contributed by atoms with Crippen molar-refractivity contribution in [1.29, 1.82) is 0 Å². The maximum Gasteiger partial charge on any atom is 0.128 e. The number of hydrogen-bond acceptors (Lipinski definition) is 3. The lowest BCUT2D eigenvalue weighted by molar-refractivity contribution is 0.416. The third-order valence-electron chi connectivity index (χ3n) is 3.26. The van der Waals surface area contributed by atoms with Gasteiger partial charge in [-0.3, -0.25) is 0 Å². The largest absolute Gasteiger partial charge is 0.496 e. The van der Waals surface area contributed by atoms with Crippen LogP contribution in [-0.2, 0) is 6.42 Å². The molecule has 0 bridgehead atoms. The second-order valence-corrected chi connectivity index (χ2v) is 4.77. The van der Waals surface area contributed by atoms with Gasteiger partial charge in [0.05, 0.1) is 18.8 Å². The number of aromatic amines is 1. The van der Waals surface area contributed by atoms with E-state index in [9.17, 15) is 0 Å². The number of imidazole rings is 1. The number of rotatable bonds is 4. The second kappa shape index (κ2) is 5.45. The van der Waals surface area contributed by atoms with Gasteiger partial charge >= 0.3 is 0 Å². The van der Waals surface area contributed by atoms with Gasteiger partial charge in [-0.25, -0.2) is 4.98 Å². The minimum absolute atomic E-state index is 0.104. The summed E-state index contributed by atoms with van der Waals surface area (Å²) in [6.07, 6.45) is 0.987. The van der Waals surface area contributed by atoms with E-state index in [0.717, 1.165) is 34.9 Å². The summed E-state index contributed by atoms with van der Waals surface area (Å²) < 4.78 is 5.44. The van der Waals surface area contributed by atoms with Crippen LogP contribution >= 0.6 is 0 Å². The van der Waals surface area contributed by atoms with Crippen molar-refractivity contribution < 1.29 is 4.74 Å². The van der Waals surface area contributed by atoms with Crippen molar-refractivity contribution in [2.45, 2.75) is 33.2 Å². The molecule has 4 nitrogen and oxygen atoms in total. The smallest absolute Gasteiger partial charge is 0.128 e. The fourth-order valence-corrected chi connectivity index (χ4v) is 2.12. The lowest BCUT2D eigenvalue weighted by atomic mass is 10.0. The highest BCUT2D eigenvalue weighted by Crippen LogP contribution is 2.32. The molecule has 0 aliphatic carbocycles. The maximum atomic E-state index is 5.88. The number of benzene rings is 1. The van der Waals surface area contributed by atoms with Crippen molar-refractivity contribution in [1.82, 2.24) is 9.97 Å². The van der Waals surface area contributed by atoms with Crippen LogP contribution in [-0.4, -0.2) is 17.1 Å². The van der Waals surface area contributed by atoms with Crippen LogP contribution in [0, 0.1) is 6.92 Å². The minimum Gasteiger partial charge on any atom is -0.496 e. The van der Waals surface area contributed by atoms with E-state index in [0.29, 0.717) is 0 Å². The Hall–Kier alpha value is -1.81. The van der Waals surface area contributed by atoms with Crippen LogP contribution in [0.4, 0.5) is 0 Å². The zero-order valence-electron chi connectivity index (χ0n) is 11.9. The molecule has 0 aliphatic heterocycles. The average molecular weight is 259 g/mol. The molecule has 1 heterocycles. The highest BCUT2D eigenvalue weighted by atomic mass is 16.5. The molecule has 1 atom stereocenters. The Bertz CT molecular complexity index is 573. The highest BCUT2D eigenvalue weighted by molar-refractivity contribution is 5.70. The minimum atomic E-state index is -0.104. The maximum absolute atomic E-state index is 5.88. The second-order valence-electron chi connectivity index (χ2n) is 4.77. The lowest BCUT2D eigenvalue weighted by Crippen LogP contribution is -2.06. The van der Waals surface area contributed by atoms with Crippen LogP contribution in [0.2, 0.25) is 0 Å². The van der Waals surface area contributed by atoms with Crippen LogP contribution in [0.15, 0.2) is 18.2 Å². The lowest BCUT2D eigenvalue weighted by Gasteiger charge is -2.09. The first kappa shape index (κ1) is 13.6. The van der Waals surface area contributed by atoms with Crippen molar-refractivity contribution in [2.75, 3.05) is 7.11 Å². The van der Waals surface area contributed by atoms with Crippen LogP contribution in [0.25, 0.3) is 11.3 Å². The molecule has 0 radical (unpaired) electrons. The first-order valence-electron chi connectivity index (χ1n) is 6.56. The Morgan fingerprint density at radius 1 is 1.42 bits per heavy atom. The van der Waals surface area contributed by atoms with Gasteiger partial charge in [0.25, 0.3) is 0 Å². The summed E-state index contributed by atoms with van der Waals surface area (Å²) in [6, 6.07) is 6.10. The van der Waals surface area contributed by atoms with Crippen LogP contribution in [0.5, 0.6) is 5.75 Å². The fraction of sp³-hybridized carbons (Fsp3) is 0.400. The summed E-state index contributed by atoms with van der Waals surface area (Å²) in [5.41, 5.74) is 10.1. The van der Waals surface area contributed by atoms with Gasteiger partial charge in [0, 0.05) is 11.3 Å². The van der Waals surface area contributed by atoms with Crippen molar-refractivity contribution in [3.8, 4) is 17.0 Å². The van der Waals surface area contributed by atoms with E-state index in [1.165, 1.54) is 5.56 Å². The fourth-order valence-electron chi connectivity index (χ4n) is 2.12. The van der Waals surface area contributed by atoms with Crippen molar-refractivity contribution in [3.05, 3.63) is 35.3 Å². The molecule has 1 aromatic carbocycles. The standard InChI is InChI=1S/C15H21N3O/c1-5-11-6-7-13(19-4)12(8-11)14-10(3)17-15(18-14)9(2)16/h6-9H,5,16H2,1-4H3,(H,17,18). The molecular weight excluding hydrogens is 238 g/mol. The summed E-state index contributed by atoms with van der Waals surface area (Å²) in [6.45, 7) is 6.06. The molecule has 1 unspecified atom stereocenters. The van der Waals surface area contributed by atoms with Crippen molar-refractivity contribution in [2.24, 2.45) is 5.73 Å². The number of H-pyrrole nitrogens is 1. The Labute approximate surface area is 114 Å². The van der Waals surface area contributed by atoms with E-state index >= 15 is 0 Å². The van der Waals surface area contributed by atoms with Crippen molar-refractivity contribution in [3.63, 3.8) is 0 Å². The summed E-state index contributed by atoms with van der Waals surface area (Å²) in [4.78, 5) is 7.84. The molecule has 0 saturated carbocycles. The molecule has 2 rings (SSSR count). The van der Waals surface area contributed by atoms with Gasteiger partial charge in [0.1, 0.15) is 11.6 Å². The Kier molecular flexibility index (Phi) is 3.90. The van der Waals surface area contributed by atoms with Crippen LogP contribution in [0.3, 0.4) is 0 Å². The Morgan fingerprint density at radius 3 is 2.68 bits per heavy atom. The average Bonchev–Trinajstić information content (AvgIpc) is 2.80. The van der Waals surface area contributed by atoms with Gasteiger partial charge in [-0.1, -0.05) is 13.0 Å². The van der Waals surface area contributed by atoms with E-state index < -0.39 is 0 Å². The molecule has 2 aromatic rings. The zero-order valence-corrected chi connectivity index (χ0v) is 11.9. The van der Waals surface area contributed by atoms with Gasteiger partial charge in [-0.15, -0.1) is 0 Å². The first-order valence-corrected chi connectivity index (χ1v) is 6.56. The van der Waals surface area contributed by atoms with Gasteiger partial charge in [0.2, 0.25) is 0 Å². The summed E-state index contributed by atoms with van der Waals surface area (Å²) >= 11 is 0. The van der Waals surface area contributed by atoms with Gasteiger partial charge in [0.15, 0.2) is 0 Å². The highest BCUT2D eigenvalue weighted by Gasteiger charge is 2.15. The van der Waals surface area contributed by atoms with Gasteiger partial charge in [-0.05, 0) is 38.0 Å². The Balaban J connectivity index is 2.56. The normalized spacial score (nSPS) is 12.5. The van der Waals surface area contributed by atoms with E-state index in [1.807, 2.05) is 19.9 Å². The monoisotopic (exact) mass is 259 g/mol. The SMILES string of the molecule is CCc1ccc(OC)c(-c2nc(C(C)N)[nH]c2C)c1. The van der Waals surface area contributed by atoms with E-state index in [-0.39, 0.29) is 6.04 Å². The molecule has 0 saturated heterocycles. The molecule has 19 heavy (non-hydrogen) atoms. The number of aryl methyl sites for hydroxylation is 2. The van der Waals surface area contributed by atoms with Crippen LogP contribution < -0.4 is 10.5 Å². The predicted molar refractivity (Wildman–Crippen MR) is 77.3 cm³/mol. The number of nitrogens with zero attached hydrogens (tertiary/aromatic N) is 1. The summed E-state index contributed by atoms with van der Waals surface area (Å²) in [7, 11) is 1.68. The number of ether oxygens (including phenoxy) is 1. The molecule has 0 amide bonds. The third-order valence-corrected chi connectivity index (χ3v) is 3.26. The van der Waals surface area contributed by atoms with Gasteiger partial charge < -0.3 is 15.5 Å². The quantitative estimate of drug-likeness (QED) is 0.887. The summed E-state index contributed by atoms with van der Waals surface area (Å²) in [5.74, 6) is 1.64. The molecule has 1 aromatic heterocycles. The van der Waals surface area contributed by atoms with E-state index in [1.54, 1.807) is 7.11 Å². The molecule has 3 N–H and O–H groups in total. The molecule has 0 spiro atoms. The van der Waals surface area contributed by atoms with Gasteiger partial charge in [-0.2, -0.15) is 0 Å². The molecule has 0 aliphatic rings. The molecule has 0 fully saturated rings. The zero-order chi connectivity index (χ0) is 14.0. The number of nitrogens with one attached hydrogen (secondary N) is 1. The number of methoxy groups -OCH3 is 1. The topological polar surface area (TPSA) is 63.9 Å². The van der Waals surface area contributed by atoms with Crippen molar-refractivity contribution >= 4 is 0 Å².